The highest BCUT2D eigenvalue weighted by molar-refractivity contribution is 5.91. The molecule has 0 fully saturated rings. The first kappa shape index (κ1) is 17.9. The molecule has 0 bridgehead atoms. The predicted molar refractivity (Wildman–Crippen MR) is 72.0 cm³/mol. The Balaban J connectivity index is 4.39. The van der Waals surface area contributed by atoms with E-state index in [1.807, 2.05) is 0 Å². The number of nitrogens with zero attached hydrogens (tertiary/aromatic N) is 1. The molecule has 2 atom stereocenters. The molecular formula is C12H22N4O4. The number of rotatable bonds is 8. The number of carbonyl (C=O) groups excluding carboxylic acids is 4. The quantitative estimate of drug-likeness (QED) is 0.491. The topological polar surface area (TPSA) is 136 Å². The molecular weight excluding hydrogens is 264 g/mol. The Hall–Kier alpha value is -2.12. The van der Waals surface area contributed by atoms with Crippen LogP contribution >= 0.6 is 0 Å². The molecule has 0 saturated carbocycles. The third-order valence-corrected chi connectivity index (χ3v) is 2.80. The summed E-state index contributed by atoms with van der Waals surface area (Å²) in [5.74, 6) is -2.57. The van der Waals surface area contributed by atoms with Gasteiger partial charge >= 0.3 is 0 Å². The fraction of sp³-hybridized carbons (Fsp3) is 0.667. The van der Waals surface area contributed by atoms with Crippen molar-refractivity contribution in [2.24, 2.45) is 17.4 Å². The van der Waals surface area contributed by atoms with Gasteiger partial charge in [0.15, 0.2) is 0 Å². The van der Waals surface area contributed by atoms with Crippen molar-refractivity contribution in [2.75, 3.05) is 14.1 Å². The highest BCUT2D eigenvalue weighted by Gasteiger charge is 2.23. The maximum atomic E-state index is 11.8. The van der Waals surface area contributed by atoms with Crippen molar-refractivity contribution in [3.05, 3.63) is 0 Å². The summed E-state index contributed by atoms with van der Waals surface area (Å²) in [6.07, 6.45) is 0.216. The van der Waals surface area contributed by atoms with Gasteiger partial charge in [-0.25, -0.2) is 0 Å². The van der Waals surface area contributed by atoms with E-state index in [2.05, 4.69) is 5.32 Å². The summed E-state index contributed by atoms with van der Waals surface area (Å²) in [6.45, 7) is 1.63. The van der Waals surface area contributed by atoms with Crippen LogP contribution < -0.4 is 16.8 Å². The van der Waals surface area contributed by atoms with Gasteiger partial charge in [0, 0.05) is 26.4 Å². The molecule has 0 heterocycles. The minimum atomic E-state index is -1.12. The van der Waals surface area contributed by atoms with Crippen LogP contribution in [-0.2, 0) is 19.2 Å². The van der Waals surface area contributed by atoms with Gasteiger partial charge in [-0.3, -0.25) is 19.2 Å². The molecule has 0 aromatic carbocycles. The maximum Gasteiger partial charge on any atom is 0.240 e. The van der Waals surface area contributed by atoms with Crippen LogP contribution in [0.5, 0.6) is 0 Å². The molecule has 0 aromatic rings. The Labute approximate surface area is 117 Å². The lowest BCUT2D eigenvalue weighted by atomic mass is 10.0. The van der Waals surface area contributed by atoms with Crippen molar-refractivity contribution < 1.29 is 19.2 Å². The monoisotopic (exact) mass is 286 g/mol. The van der Waals surface area contributed by atoms with Gasteiger partial charge in [-0.15, -0.1) is 0 Å². The molecule has 8 nitrogen and oxygen atoms in total. The number of amides is 4. The maximum absolute atomic E-state index is 11.8. The molecule has 20 heavy (non-hydrogen) atoms. The van der Waals surface area contributed by atoms with Crippen molar-refractivity contribution in [3.63, 3.8) is 0 Å². The summed E-state index contributed by atoms with van der Waals surface area (Å²) in [7, 11) is 3.26. The van der Waals surface area contributed by atoms with Crippen molar-refractivity contribution in [2.45, 2.75) is 32.2 Å². The van der Waals surface area contributed by atoms with Crippen molar-refractivity contribution >= 4 is 23.6 Å². The van der Waals surface area contributed by atoms with E-state index < -0.39 is 29.7 Å². The van der Waals surface area contributed by atoms with Gasteiger partial charge in [0.1, 0.15) is 6.04 Å². The third kappa shape index (κ3) is 6.72. The third-order valence-electron chi connectivity index (χ3n) is 2.80. The van der Waals surface area contributed by atoms with Gasteiger partial charge in [0.2, 0.25) is 23.6 Å². The number of primary amides is 2. The molecule has 5 N–H and O–H groups in total. The predicted octanol–water partition coefficient (Wildman–Crippen LogP) is -1.66. The van der Waals surface area contributed by atoms with E-state index in [4.69, 9.17) is 11.5 Å². The molecule has 0 unspecified atom stereocenters. The van der Waals surface area contributed by atoms with E-state index in [9.17, 15) is 19.2 Å². The van der Waals surface area contributed by atoms with E-state index in [1.165, 1.54) is 4.90 Å². The van der Waals surface area contributed by atoms with Gasteiger partial charge < -0.3 is 21.7 Å². The SMILES string of the molecule is C[C@@H](CCC(=O)N(C)C)C(=O)N[C@@H](CC(N)=O)C(N)=O. The first-order valence-corrected chi connectivity index (χ1v) is 6.23. The van der Waals surface area contributed by atoms with E-state index in [-0.39, 0.29) is 18.7 Å². The lowest BCUT2D eigenvalue weighted by Gasteiger charge is -2.18. The van der Waals surface area contributed by atoms with Crippen molar-refractivity contribution in [1.82, 2.24) is 10.2 Å². The average Bonchev–Trinajstić information content (AvgIpc) is 2.33. The van der Waals surface area contributed by atoms with Gasteiger partial charge in [-0.2, -0.15) is 0 Å². The van der Waals surface area contributed by atoms with Crippen LogP contribution in [0.3, 0.4) is 0 Å². The lowest BCUT2D eigenvalue weighted by molar-refractivity contribution is -0.132. The standard InChI is InChI=1S/C12H22N4O4/c1-7(4-5-10(18)16(2)3)12(20)15-8(11(14)19)6-9(13)17/h7-8H,4-6H2,1-3H3,(H2,13,17)(H2,14,19)(H,15,20)/t7-,8-/m0/s1. The Bertz CT molecular complexity index is 395. The van der Waals surface area contributed by atoms with Crippen LogP contribution in [0, 0.1) is 5.92 Å². The molecule has 0 radical (unpaired) electrons. The fourth-order valence-corrected chi connectivity index (χ4v) is 1.43. The number of hydrogen-bond acceptors (Lipinski definition) is 4. The Morgan fingerprint density at radius 3 is 2.10 bits per heavy atom. The molecule has 0 saturated heterocycles. The highest BCUT2D eigenvalue weighted by Crippen LogP contribution is 2.07. The fourth-order valence-electron chi connectivity index (χ4n) is 1.43. The van der Waals surface area contributed by atoms with E-state index in [0.29, 0.717) is 6.42 Å². The second kappa shape index (κ2) is 8.13. The molecule has 8 heteroatoms. The van der Waals surface area contributed by atoms with Gasteiger partial charge in [0.05, 0.1) is 6.42 Å². The molecule has 114 valence electrons. The van der Waals surface area contributed by atoms with Crippen LogP contribution in [0.1, 0.15) is 26.2 Å². The molecule has 0 aliphatic heterocycles. The summed E-state index contributed by atoms with van der Waals surface area (Å²) in [4.78, 5) is 46.5. The second-order valence-electron chi connectivity index (χ2n) is 4.86. The zero-order chi connectivity index (χ0) is 15.9. The largest absolute Gasteiger partial charge is 0.370 e. The first-order chi connectivity index (χ1) is 9.15. The van der Waals surface area contributed by atoms with E-state index in [1.54, 1.807) is 21.0 Å². The molecule has 0 aromatic heterocycles. The molecule has 4 amide bonds. The van der Waals surface area contributed by atoms with Gasteiger partial charge in [-0.05, 0) is 6.42 Å². The summed E-state index contributed by atoms with van der Waals surface area (Å²) >= 11 is 0. The number of hydrogen-bond donors (Lipinski definition) is 3. The summed E-state index contributed by atoms with van der Waals surface area (Å²) in [5.41, 5.74) is 10.0. The molecule has 0 aliphatic rings. The van der Waals surface area contributed by atoms with Crippen molar-refractivity contribution in [1.29, 1.82) is 0 Å². The van der Waals surface area contributed by atoms with Crippen LogP contribution in [0.4, 0.5) is 0 Å². The molecule has 0 rings (SSSR count). The Kier molecular flexibility index (Phi) is 7.27. The van der Waals surface area contributed by atoms with Gasteiger partial charge in [0.25, 0.3) is 0 Å². The average molecular weight is 286 g/mol. The summed E-state index contributed by atoms with van der Waals surface area (Å²) in [6, 6.07) is -1.12. The van der Waals surface area contributed by atoms with Crippen LogP contribution in [0.25, 0.3) is 0 Å². The molecule has 0 spiro atoms. The lowest BCUT2D eigenvalue weighted by Crippen LogP contribution is -2.48. The number of carbonyl (C=O) groups is 4. The number of nitrogens with two attached hydrogens (primary N) is 2. The summed E-state index contributed by atoms with van der Waals surface area (Å²) < 4.78 is 0. The van der Waals surface area contributed by atoms with Gasteiger partial charge in [-0.1, -0.05) is 6.92 Å². The zero-order valence-electron chi connectivity index (χ0n) is 12.0. The second-order valence-corrected chi connectivity index (χ2v) is 4.86. The summed E-state index contributed by atoms with van der Waals surface area (Å²) in [5, 5.41) is 2.36. The number of nitrogens with one attached hydrogen (secondary N) is 1. The van der Waals surface area contributed by atoms with Crippen LogP contribution in [0.15, 0.2) is 0 Å². The minimum Gasteiger partial charge on any atom is -0.370 e. The van der Waals surface area contributed by atoms with Crippen LogP contribution in [0.2, 0.25) is 0 Å². The Morgan fingerprint density at radius 2 is 1.70 bits per heavy atom. The highest BCUT2D eigenvalue weighted by atomic mass is 16.2. The Morgan fingerprint density at radius 1 is 1.15 bits per heavy atom. The van der Waals surface area contributed by atoms with Crippen LogP contribution in [-0.4, -0.2) is 48.7 Å². The molecule has 0 aliphatic carbocycles. The first-order valence-electron chi connectivity index (χ1n) is 6.23. The normalized spacial score (nSPS) is 13.2. The minimum absolute atomic E-state index is 0.0896. The zero-order valence-corrected chi connectivity index (χ0v) is 12.0. The smallest absolute Gasteiger partial charge is 0.240 e. The van der Waals surface area contributed by atoms with Crippen molar-refractivity contribution in [3.8, 4) is 0 Å². The van der Waals surface area contributed by atoms with E-state index >= 15 is 0 Å². The van der Waals surface area contributed by atoms with E-state index in [0.717, 1.165) is 0 Å².